The summed E-state index contributed by atoms with van der Waals surface area (Å²) < 4.78 is 0. The van der Waals surface area contributed by atoms with E-state index in [-0.39, 0.29) is 0 Å². The molecule has 0 amide bonds. The highest BCUT2D eigenvalue weighted by Crippen LogP contribution is 2.26. The second kappa shape index (κ2) is 4.46. The van der Waals surface area contributed by atoms with E-state index in [9.17, 15) is 0 Å². The van der Waals surface area contributed by atoms with Crippen LogP contribution in [0.1, 0.15) is 24.0 Å². The lowest BCUT2D eigenvalue weighted by molar-refractivity contribution is 0.373. The second-order valence-electron chi connectivity index (χ2n) is 5.07. The van der Waals surface area contributed by atoms with Gasteiger partial charge in [0.1, 0.15) is 0 Å². The van der Waals surface area contributed by atoms with E-state index in [0.29, 0.717) is 0 Å². The third-order valence-corrected chi connectivity index (χ3v) is 3.87. The normalized spacial score (nSPS) is 20.5. The third-order valence-electron chi connectivity index (χ3n) is 3.87. The smallest absolute Gasteiger partial charge is 0.0376 e. The van der Waals surface area contributed by atoms with E-state index in [1.54, 1.807) is 0 Å². The van der Waals surface area contributed by atoms with Crippen LogP contribution in [0.2, 0.25) is 0 Å². The molecule has 0 atom stereocenters. The largest absolute Gasteiger partial charge is 0.384 e. The van der Waals surface area contributed by atoms with Crippen LogP contribution in [0.15, 0.2) is 18.2 Å². The summed E-state index contributed by atoms with van der Waals surface area (Å²) in [6.07, 6.45) is 5.13. The number of anilines is 1. The zero-order chi connectivity index (χ0) is 10.8. The highest BCUT2D eigenvalue weighted by molar-refractivity contribution is 5.57. The first-order chi connectivity index (χ1) is 7.92. The Morgan fingerprint density at radius 2 is 2.00 bits per heavy atom. The average molecular weight is 216 g/mol. The van der Waals surface area contributed by atoms with Crippen molar-refractivity contribution in [1.29, 1.82) is 0 Å². The van der Waals surface area contributed by atoms with Crippen molar-refractivity contribution < 1.29 is 0 Å². The summed E-state index contributed by atoms with van der Waals surface area (Å²) >= 11 is 0. The van der Waals surface area contributed by atoms with Gasteiger partial charge in [-0.25, -0.2) is 0 Å². The summed E-state index contributed by atoms with van der Waals surface area (Å²) in [5, 5.41) is 6.90. The fourth-order valence-electron chi connectivity index (χ4n) is 2.88. The van der Waals surface area contributed by atoms with Crippen molar-refractivity contribution >= 4 is 5.69 Å². The Morgan fingerprint density at radius 1 is 1.12 bits per heavy atom. The van der Waals surface area contributed by atoms with E-state index < -0.39 is 0 Å². The van der Waals surface area contributed by atoms with Gasteiger partial charge in [0.15, 0.2) is 0 Å². The molecule has 1 saturated heterocycles. The predicted molar refractivity (Wildman–Crippen MR) is 67.9 cm³/mol. The molecule has 2 aliphatic heterocycles. The maximum atomic E-state index is 3.47. The predicted octanol–water partition coefficient (Wildman–Crippen LogP) is 2.20. The lowest BCUT2D eigenvalue weighted by atomic mass is 9.90. The van der Waals surface area contributed by atoms with Gasteiger partial charge < -0.3 is 10.6 Å². The van der Waals surface area contributed by atoms with Gasteiger partial charge in [0.2, 0.25) is 0 Å². The van der Waals surface area contributed by atoms with Crippen LogP contribution in [0.5, 0.6) is 0 Å². The minimum absolute atomic E-state index is 0.890. The SMILES string of the molecule is c1cc2c(cc1CC1CCNCC1)NCC2. The second-order valence-corrected chi connectivity index (χ2v) is 5.07. The molecule has 3 rings (SSSR count). The minimum atomic E-state index is 0.890. The van der Waals surface area contributed by atoms with Gasteiger partial charge >= 0.3 is 0 Å². The van der Waals surface area contributed by atoms with Gasteiger partial charge in [-0.05, 0) is 61.9 Å². The van der Waals surface area contributed by atoms with Crippen LogP contribution in [0, 0.1) is 5.92 Å². The van der Waals surface area contributed by atoms with Crippen LogP contribution in [0.3, 0.4) is 0 Å². The van der Waals surface area contributed by atoms with Crippen molar-refractivity contribution in [3.05, 3.63) is 29.3 Å². The number of fused-ring (bicyclic) bond motifs is 1. The van der Waals surface area contributed by atoms with Gasteiger partial charge in [-0.2, -0.15) is 0 Å². The molecule has 2 aliphatic rings. The number of piperidine rings is 1. The molecule has 2 N–H and O–H groups in total. The molecule has 86 valence electrons. The highest BCUT2D eigenvalue weighted by atomic mass is 14.9. The zero-order valence-corrected chi connectivity index (χ0v) is 9.76. The average Bonchev–Trinajstić information content (AvgIpc) is 2.77. The lowest BCUT2D eigenvalue weighted by Gasteiger charge is -2.22. The summed E-state index contributed by atoms with van der Waals surface area (Å²) in [5.74, 6) is 0.890. The van der Waals surface area contributed by atoms with Crippen molar-refractivity contribution in [1.82, 2.24) is 5.32 Å². The molecule has 0 aromatic heterocycles. The van der Waals surface area contributed by atoms with Crippen LogP contribution in [0.4, 0.5) is 5.69 Å². The number of rotatable bonds is 2. The Balaban J connectivity index is 1.69. The van der Waals surface area contributed by atoms with Crippen LogP contribution >= 0.6 is 0 Å². The Hall–Kier alpha value is -1.02. The van der Waals surface area contributed by atoms with Gasteiger partial charge in [0.05, 0.1) is 0 Å². The first kappa shape index (κ1) is 10.2. The standard InChI is InChI=1S/C14H20N2/c1-2-13-5-8-16-14(13)10-12(1)9-11-3-6-15-7-4-11/h1-2,10-11,15-16H,3-9H2. The Kier molecular flexibility index (Phi) is 2.83. The van der Waals surface area contributed by atoms with Crippen LogP contribution in [-0.2, 0) is 12.8 Å². The van der Waals surface area contributed by atoms with E-state index in [4.69, 9.17) is 0 Å². The summed E-state index contributed by atoms with van der Waals surface area (Å²) in [6.45, 7) is 3.52. The van der Waals surface area contributed by atoms with E-state index in [1.807, 2.05) is 0 Å². The Morgan fingerprint density at radius 3 is 2.88 bits per heavy atom. The summed E-state index contributed by atoms with van der Waals surface area (Å²) in [5.41, 5.74) is 4.39. The van der Waals surface area contributed by atoms with E-state index in [1.165, 1.54) is 55.6 Å². The summed E-state index contributed by atoms with van der Waals surface area (Å²) in [6, 6.07) is 7.00. The molecule has 1 fully saturated rings. The summed E-state index contributed by atoms with van der Waals surface area (Å²) in [4.78, 5) is 0. The fraction of sp³-hybridized carbons (Fsp3) is 0.571. The molecule has 0 bridgehead atoms. The topological polar surface area (TPSA) is 24.1 Å². The van der Waals surface area contributed by atoms with Crippen LogP contribution < -0.4 is 10.6 Å². The first-order valence-electron chi connectivity index (χ1n) is 6.48. The minimum Gasteiger partial charge on any atom is -0.384 e. The van der Waals surface area contributed by atoms with Crippen molar-refractivity contribution in [2.75, 3.05) is 25.0 Å². The summed E-state index contributed by atoms with van der Waals surface area (Å²) in [7, 11) is 0. The molecular weight excluding hydrogens is 196 g/mol. The molecule has 0 saturated carbocycles. The Labute approximate surface area is 97.4 Å². The molecular formula is C14H20N2. The van der Waals surface area contributed by atoms with Gasteiger partial charge in [-0.1, -0.05) is 12.1 Å². The monoisotopic (exact) mass is 216 g/mol. The molecule has 1 aromatic carbocycles. The molecule has 0 unspecified atom stereocenters. The number of nitrogens with one attached hydrogen (secondary N) is 2. The van der Waals surface area contributed by atoms with Crippen molar-refractivity contribution in [2.24, 2.45) is 5.92 Å². The Bertz CT molecular complexity index is 367. The molecule has 2 heteroatoms. The molecule has 2 nitrogen and oxygen atoms in total. The van der Waals surface area contributed by atoms with Gasteiger partial charge in [-0.15, -0.1) is 0 Å². The van der Waals surface area contributed by atoms with Crippen molar-refractivity contribution in [2.45, 2.75) is 25.7 Å². The van der Waals surface area contributed by atoms with Crippen LogP contribution in [-0.4, -0.2) is 19.6 Å². The van der Waals surface area contributed by atoms with Crippen molar-refractivity contribution in [3.8, 4) is 0 Å². The fourth-order valence-corrected chi connectivity index (χ4v) is 2.88. The molecule has 16 heavy (non-hydrogen) atoms. The molecule has 0 aliphatic carbocycles. The number of hydrogen-bond acceptors (Lipinski definition) is 2. The van der Waals surface area contributed by atoms with E-state index in [2.05, 4.69) is 28.8 Å². The quantitative estimate of drug-likeness (QED) is 0.792. The third kappa shape index (κ3) is 2.07. The molecule has 2 heterocycles. The maximum Gasteiger partial charge on any atom is 0.0376 e. The van der Waals surface area contributed by atoms with Crippen molar-refractivity contribution in [3.63, 3.8) is 0 Å². The lowest BCUT2D eigenvalue weighted by Crippen LogP contribution is -2.28. The van der Waals surface area contributed by atoms with E-state index >= 15 is 0 Å². The number of hydrogen-bond donors (Lipinski definition) is 2. The zero-order valence-electron chi connectivity index (χ0n) is 9.76. The van der Waals surface area contributed by atoms with E-state index in [0.717, 1.165) is 12.5 Å². The van der Waals surface area contributed by atoms with Crippen LogP contribution in [0.25, 0.3) is 0 Å². The van der Waals surface area contributed by atoms with Gasteiger partial charge in [0, 0.05) is 12.2 Å². The van der Waals surface area contributed by atoms with Gasteiger partial charge in [0.25, 0.3) is 0 Å². The first-order valence-corrected chi connectivity index (χ1v) is 6.48. The van der Waals surface area contributed by atoms with Gasteiger partial charge in [-0.3, -0.25) is 0 Å². The number of benzene rings is 1. The maximum absolute atomic E-state index is 3.47. The molecule has 0 spiro atoms. The molecule has 0 radical (unpaired) electrons. The molecule has 1 aromatic rings. The highest BCUT2D eigenvalue weighted by Gasteiger charge is 2.15.